The van der Waals surface area contributed by atoms with E-state index in [2.05, 4.69) is 25.5 Å². The zero-order chi connectivity index (χ0) is 12.8. The second-order valence-electron chi connectivity index (χ2n) is 4.98. The van der Waals surface area contributed by atoms with E-state index in [9.17, 15) is 4.79 Å². The van der Waals surface area contributed by atoms with Gasteiger partial charge < -0.3 is 10.5 Å². The molecule has 0 aromatic heterocycles. The van der Waals surface area contributed by atoms with E-state index < -0.39 is 5.54 Å². The summed E-state index contributed by atoms with van der Waals surface area (Å²) in [5.41, 5.74) is 5.05. The van der Waals surface area contributed by atoms with Gasteiger partial charge in [-0.05, 0) is 31.4 Å². The number of ether oxygens (including phenoxy) is 1. The van der Waals surface area contributed by atoms with Crippen LogP contribution < -0.4 is 5.73 Å². The largest absolute Gasteiger partial charge is 0.468 e. The van der Waals surface area contributed by atoms with Gasteiger partial charge in [-0.15, -0.1) is 0 Å². The molecule has 0 bridgehead atoms. The van der Waals surface area contributed by atoms with Crippen LogP contribution in [0.4, 0.5) is 0 Å². The van der Waals surface area contributed by atoms with Gasteiger partial charge in [0.2, 0.25) is 0 Å². The van der Waals surface area contributed by atoms with Crippen molar-refractivity contribution in [3.8, 4) is 0 Å². The van der Waals surface area contributed by atoms with Crippen molar-refractivity contribution in [3.05, 3.63) is 0 Å². The van der Waals surface area contributed by atoms with Gasteiger partial charge >= 0.3 is 5.97 Å². The molecule has 0 fully saturated rings. The maximum Gasteiger partial charge on any atom is 0.325 e. The highest BCUT2D eigenvalue weighted by Crippen LogP contribution is 2.22. The summed E-state index contributed by atoms with van der Waals surface area (Å²) in [6.45, 7) is 8.27. The maximum atomic E-state index is 11.4. The number of carbonyl (C=O) groups excluding carboxylic acids is 1. The number of hydrogen-bond donors (Lipinski definition) is 1. The Labute approximate surface area is 103 Å². The Kier molecular flexibility index (Phi) is 7.07. The molecule has 0 rings (SSSR count). The predicted octanol–water partition coefficient (Wildman–Crippen LogP) is 2.43. The van der Waals surface area contributed by atoms with E-state index in [0.29, 0.717) is 11.7 Å². The lowest BCUT2D eigenvalue weighted by Crippen LogP contribution is -2.47. The molecule has 0 radical (unpaired) electrons. The van der Waals surface area contributed by atoms with Gasteiger partial charge in [0.25, 0.3) is 0 Å². The van der Waals surface area contributed by atoms with Crippen LogP contribution in [0.3, 0.4) is 0 Å². The third-order valence-electron chi connectivity index (χ3n) is 2.46. The Balaban J connectivity index is 3.94. The number of methoxy groups -OCH3 is 1. The second kappa shape index (κ2) is 7.17. The van der Waals surface area contributed by atoms with E-state index in [-0.39, 0.29) is 5.97 Å². The first-order chi connectivity index (χ1) is 7.29. The highest BCUT2D eigenvalue weighted by Gasteiger charge is 2.31. The van der Waals surface area contributed by atoms with Crippen molar-refractivity contribution in [1.82, 2.24) is 0 Å². The van der Waals surface area contributed by atoms with Gasteiger partial charge in [-0.1, -0.05) is 20.8 Å². The van der Waals surface area contributed by atoms with Crippen LogP contribution in [0.5, 0.6) is 0 Å². The molecule has 0 aliphatic carbocycles. The van der Waals surface area contributed by atoms with Crippen LogP contribution in [0, 0.1) is 5.92 Å². The molecule has 0 heterocycles. The van der Waals surface area contributed by atoms with Gasteiger partial charge in [-0.2, -0.15) is 11.8 Å². The molecule has 0 amide bonds. The molecule has 0 spiro atoms. The van der Waals surface area contributed by atoms with Crippen molar-refractivity contribution in [3.63, 3.8) is 0 Å². The Morgan fingerprint density at radius 2 is 2.00 bits per heavy atom. The van der Waals surface area contributed by atoms with Gasteiger partial charge in [0.1, 0.15) is 5.54 Å². The highest BCUT2D eigenvalue weighted by atomic mass is 32.2. The van der Waals surface area contributed by atoms with E-state index in [0.717, 1.165) is 11.7 Å². The summed E-state index contributed by atoms with van der Waals surface area (Å²) in [4.78, 5) is 11.4. The summed E-state index contributed by atoms with van der Waals surface area (Å²) < 4.78 is 4.69. The first-order valence-corrected chi connectivity index (χ1v) is 6.83. The van der Waals surface area contributed by atoms with E-state index in [1.165, 1.54) is 13.5 Å². The molecule has 0 aromatic rings. The minimum atomic E-state index is -0.862. The molecule has 96 valence electrons. The standard InChI is InChI=1S/C12H25NO2S/c1-9(2)6-7-16-10(3)8-12(4,13)11(14)15-5/h9-10H,6-8,13H2,1-5H3. The second-order valence-corrected chi connectivity index (χ2v) is 6.52. The molecule has 0 aromatic carbocycles. The summed E-state index contributed by atoms with van der Waals surface area (Å²) in [5, 5.41) is 0.382. The first kappa shape index (κ1) is 15.8. The number of hydrogen-bond acceptors (Lipinski definition) is 4. The van der Waals surface area contributed by atoms with Crippen LogP contribution in [-0.4, -0.2) is 29.6 Å². The van der Waals surface area contributed by atoms with E-state index in [1.807, 2.05) is 11.8 Å². The van der Waals surface area contributed by atoms with Crippen molar-refractivity contribution >= 4 is 17.7 Å². The predicted molar refractivity (Wildman–Crippen MR) is 70.6 cm³/mol. The van der Waals surface area contributed by atoms with Crippen LogP contribution >= 0.6 is 11.8 Å². The summed E-state index contributed by atoms with van der Waals surface area (Å²) in [6.07, 6.45) is 1.86. The quantitative estimate of drug-likeness (QED) is 0.702. The molecule has 0 aliphatic rings. The molecule has 0 saturated carbocycles. The number of carbonyl (C=O) groups is 1. The molecule has 4 heteroatoms. The summed E-state index contributed by atoms with van der Waals surface area (Å²) in [5.74, 6) is 1.52. The normalized spacial score (nSPS) is 16.9. The van der Waals surface area contributed by atoms with Crippen LogP contribution in [0.15, 0.2) is 0 Å². The Morgan fingerprint density at radius 1 is 1.44 bits per heavy atom. The molecule has 3 nitrogen and oxygen atoms in total. The van der Waals surface area contributed by atoms with Crippen LogP contribution in [-0.2, 0) is 9.53 Å². The molecule has 0 aliphatic heterocycles. The average Bonchev–Trinajstić information content (AvgIpc) is 2.14. The molecule has 2 atom stereocenters. The van der Waals surface area contributed by atoms with Crippen LogP contribution in [0.25, 0.3) is 0 Å². The van der Waals surface area contributed by atoms with Crippen molar-refractivity contribution in [2.24, 2.45) is 11.7 Å². The molecule has 2 N–H and O–H groups in total. The minimum absolute atomic E-state index is 0.330. The Morgan fingerprint density at radius 3 is 2.44 bits per heavy atom. The summed E-state index contributed by atoms with van der Waals surface area (Å²) in [6, 6.07) is 0. The first-order valence-electron chi connectivity index (χ1n) is 5.78. The van der Waals surface area contributed by atoms with Crippen molar-refractivity contribution < 1.29 is 9.53 Å². The lowest BCUT2D eigenvalue weighted by atomic mass is 9.98. The molecule has 16 heavy (non-hydrogen) atoms. The topological polar surface area (TPSA) is 52.3 Å². The lowest BCUT2D eigenvalue weighted by Gasteiger charge is -2.24. The van der Waals surface area contributed by atoms with Gasteiger partial charge in [0, 0.05) is 5.25 Å². The zero-order valence-electron chi connectivity index (χ0n) is 11.1. The lowest BCUT2D eigenvalue weighted by molar-refractivity contribution is -0.146. The van der Waals surface area contributed by atoms with Crippen LogP contribution in [0.1, 0.15) is 40.5 Å². The minimum Gasteiger partial charge on any atom is -0.468 e. The third-order valence-corrected chi connectivity index (χ3v) is 3.67. The molecule has 2 unspecified atom stereocenters. The highest BCUT2D eigenvalue weighted by molar-refractivity contribution is 7.99. The van der Waals surface area contributed by atoms with Gasteiger partial charge in [0.15, 0.2) is 0 Å². The SMILES string of the molecule is COC(=O)C(C)(N)CC(C)SCCC(C)C. The van der Waals surface area contributed by atoms with Gasteiger partial charge in [-0.3, -0.25) is 4.79 Å². The number of esters is 1. The monoisotopic (exact) mass is 247 g/mol. The van der Waals surface area contributed by atoms with Gasteiger partial charge in [-0.25, -0.2) is 0 Å². The van der Waals surface area contributed by atoms with E-state index >= 15 is 0 Å². The van der Waals surface area contributed by atoms with E-state index in [4.69, 9.17) is 5.73 Å². The van der Waals surface area contributed by atoms with Gasteiger partial charge in [0.05, 0.1) is 7.11 Å². The molecular weight excluding hydrogens is 222 g/mol. The number of nitrogens with two attached hydrogens (primary N) is 1. The number of rotatable bonds is 7. The molecule has 0 saturated heterocycles. The smallest absolute Gasteiger partial charge is 0.325 e. The zero-order valence-corrected chi connectivity index (χ0v) is 11.9. The summed E-state index contributed by atoms with van der Waals surface area (Å²) >= 11 is 1.87. The third kappa shape index (κ3) is 6.38. The fourth-order valence-electron chi connectivity index (χ4n) is 1.48. The van der Waals surface area contributed by atoms with Crippen molar-refractivity contribution in [1.29, 1.82) is 0 Å². The fraction of sp³-hybridized carbons (Fsp3) is 0.917. The maximum absolute atomic E-state index is 11.4. The molecular formula is C12H25NO2S. The fourth-order valence-corrected chi connectivity index (χ4v) is 2.95. The summed E-state index contributed by atoms with van der Waals surface area (Å²) in [7, 11) is 1.38. The average molecular weight is 247 g/mol. The van der Waals surface area contributed by atoms with Crippen LogP contribution in [0.2, 0.25) is 0 Å². The Hall–Kier alpha value is -0.220. The van der Waals surface area contributed by atoms with Crippen molar-refractivity contribution in [2.45, 2.75) is 51.3 Å². The Bertz CT molecular complexity index is 217. The van der Waals surface area contributed by atoms with E-state index in [1.54, 1.807) is 6.92 Å². The number of thioether (sulfide) groups is 1. The van der Waals surface area contributed by atoms with Crippen molar-refractivity contribution in [2.75, 3.05) is 12.9 Å².